The van der Waals surface area contributed by atoms with E-state index in [-0.39, 0.29) is 62.8 Å². The van der Waals surface area contributed by atoms with Gasteiger partial charge in [0.2, 0.25) is 29.5 Å². The van der Waals surface area contributed by atoms with Crippen LogP contribution in [0, 0.1) is 18.3 Å². The molecule has 6 aromatic rings. The Bertz CT molecular complexity index is 3430. The molecule has 5 heterocycles. The van der Waals surface area contributed by atoms with E-state index in [4.69, 9.17) is 5.73 Å². The van der Waals surface area contributed by atoms with Crippen LogP contribution in [0.2, 0.25) is 0 Å². The molecule has 3 unspecified atom stereocenters. The second-order valence-corrected chi connectivity index (χ2v) is 23.6. The number of benzene rings is 3. The zero-order valence-corrected chi connectivity index (χ0v) is 47.6. The monoisotopic (exact) mass is 1170 g/mol. The van der Waals surface area contributed by atoms with Crippen LogP contribution in [0.15, 0.2) is 84.8 Å². The van der Waals surface area contributed by atoms with E-state index in [9.17, 15) is 51.4 Å². The minimum Gasteiger partial charge on any atom is -0.406 e. The van der Waals surface area contributed by atoms with E-state index in [0.717, 1.165) is 32.8 Å². The number of likely N-dealkylation sites (tertiary alicyclic amines) is 1. The number of aryl methyl sites for hydroxylation is 2. The maximum atomic E-state index is 14.8. The van der Waals surface area contributed by atoms with Crippen molar-refractivity contribution in [1.29, 1.82) is 0 Å². The normalized spacial score (nSPS) is 18.0. The molecule has 9 rings (SSSR count). The molecule has 3 aromatic carbocycles. The number of hydrogen-bond acceptors (Lipinski definition) is 13. The number of nitrogens with zero attached hydrogens (tertiary/aromatic N) is 6. The van der Waals surface area contributed by atoms with Crippen molar-refractivity contribution >= 4 is 69.3 Å². The second-order valence-electron chi connectivity index (χ2n) is 22.8. The Morgan fingerprint density at radius 1 is 0.940 bits per heavy atom. The fourth-order valence-corrected chi connectivity index (χ4v) is 11.5. The van der Waals surface area contributed by atoms with Gasteiger partial charge in [0.1, 0.15) is 35.6 Å². The number of aromatic nitrogens is 4. The van der Waals surface area contributed by atoms with Gasteiger partial charge in [-0.25, -0.2) is 19.3 Å². The third-order valence-corrected chi connectivity index (χ3v) is 16.5. The molecule has 0 bridgehead atoms. The second kappa shape index (κ2) is 24.1. The number of nitrogens with two attached hydrogens (primary N) is 1. The third kappa shape index (κ3) is 13.8. The van der Waals surface area contributed by atoms with Crippen LogP contribution in [-0.4, -0.2) is 121 Å². The zero-order chi connectivity index (χ0) is 59.7. The van der Waals surface area contributed by atoms with Crippen LogP contribution in [0.25, 0.3) is 32.6 Å². The fraction of sp³-hybridized carbons (Fsp3) is 0.441. The number of rotatable bonds is 20. The first-order valence-corrected chi connectivity index (χ1v) is 28.4. The molecule has 1 saturated carbocycles. The predicted octanol–water partition coefficient (Wildman–Crippen LogP) is 7.03. The highest BCUT2D eigenvalue weighted by Gasteiger charge is 2.53. The molecule has 440 valence electrons. The summed E-state index contributed by atoms with van der Waals surface area (Å²) >= 11 is 1.47. The standard InChI is InChI=1S/C59H67F4N11O8S/c1-32(53(78)65-20-8-21-72-29-42(48-51(64)66-30-67-52(48)72)38-15-16-44-39(25-38)17-22-73(44)47(77)24-35-9-7-10-41(23-35)82-59(61,62)63)33(2)69-46(76)27-43(36-11-13-37(14-12-36)49-34(3)68-31-83-49)70-54(79)45-26-40(75)28-74(45)55(80)50(57(4,5)6)71-56(81)58(60)18-19-58/h7,9-16,23,25,29-33,40,43,45,50,75H,8,17-22,24,26-28H2,1-6H3,(H,65,78)(H,69,76)(H,70,79)(H,71,81)(H2,64,66,67)/t32?,33?,40-,43+,45+,50?/m1/s1. The summed E-state index contributed by atoms with van der Waals surface area (Å²) in [5.41, 5.74) is 11.6. The van der Waals surface area contributed by atoms with Gasteiger partial charge in [-0.15, -0.1) is 24.5 Å². The van der Waals surface area contributed by atoms with Gasteiger partial charge in [0.15, 0.2) is 5.67 Å². The Morgan fingerprint density at radius 2 is 1.67 bits per heavy atom. The Balaban J connectivity index is 0.819. The van der Waals surface area contributed by atoms with E-state index < -0.39 is 83.0 Å². The number of carbonyl (C=O) groups excluding carboxylic acids is 6. The van der Waals surface area contributed by atoms with Crippen molar-refractivity contribution < 1.29 is 56.2 Å². The molecule has 0 radical (unpaired) electrons. The number of aliphatic hydroxyl groups is 1. The highest BCUT2D eigenvalue weighted by Crippen LogP contribution is 2.41. The van der Waals surface area contributed by atoms with Gasteiger partial charge in [-0.2, -0.15) is 0 Å². The van der Waals surface area contributed by atoms with Crippen LogP contribution in [0.3, 0.4) is 0 Å². The molecule has 2 fully saturated rings. The molecule has 7 N–H and O–H groups in total. The van der Waals surface area contributed by atoms with E-state index in [1.54, 1.807) is 63.2 Å². The van der Waals surface area contributed by atoms with Gasteiger partial charge < -0.3 is 51.2 Å². The van der Waals surface area contributed by atoms with Crippen molar-refractivity contribution in [3.63, 3.8) is 0 Å². The summed E-state index contributed by atoms with van der Waals surface area (Å²) in [6.45, 7) is 11.3. The number of alkyl halides is 4. The summed E-state index contributed by atoms with van der Waals surface area (Å²) < 4.78 is 59.3. The maximum absolute atomic E-state index is 14.8. The lowest BCUT2D eigenvalue weighted by molar-refractivity contribution is -0.274. The molecule has 19 nitrogen and oxygen atoms in total. The summed E-state index contributed by atoms with van der Waals surface area (Å²) in [4.78, 5) is 99.4. The van der Waals surface area contributed by atoms with Crippen LogP contribution >= 0.6 is 11.3 Å². The van der Waals surface area contributed by atoms with Crippen molar-refractivity contribution in [2.75, 3.05) is 30.3 Å². The molecule has 83 heavy (non-hydrogen) atoms. The van der Waals surface area contributed by atoms with Crippen LogP contribution in [0.4, 0.5) is 29.1 Å². The number of ether oxygens (including phenoxy) is 1. The number of amides is 6. The minimum atomic E-state index is -4.86. The molecule has 2 aliphatic heterocycles. The van der Waals surface area contributed by atoms with Gasteiger partial charge in [0, 0.05) is 56.1 Å². The number of carbonyl (C=O) groups is 6. The van der Waals surface area contributed by atoms with E-state index in [0.29, 0.717) is 53.8 Å². The molecule has 3 aliphatic rings. The number of aliphatic hydroxyl groups excluding tert-OH is 1. The van der Waals surface area contributed by atoms with E-state index in [1.165, 1.54) is 40.8 Å². The number of nitrogen functional groups attached to an aromatic ring is 1. The summed E-state index contributed by atoms with van der Waals surface area (Å²) in [6.07, 6.45) is -2.04. The Labute approximate surface area is 480 Å². The van der Waals surface area contributed by atoms with Gasteiger partial charge in [0.25, 0.3) is 5.91 Å². The lowest BCUT2D eigenvalue weighted by Crippen LogP contribution is -2.59. The minimum absolute atomic E-state index is 0.0457. The summed E-state index contributed by atoms with van der Waals surface area (Å²) in [5.74, 6) is -4.09. The number of anilines is 2. The summed E-state index contributed by atoms with van der Waals surface area (Å²) in [6, 6.07) is 14.3. The molecular formula is C59H67F4N11O8S. The molecule has 1 saturated heterocycles. The number of hydrogen-bond donors (Lipinski definition) is 6. The van der Waals surface area contributed by atoms with Crippen molar-refractivity contribution in [1.82, 2.24) is 45.7 Å². The molecule has 24 heteroatoms. The maximum Gasteiger partial charge on any atom is 0.573 e. The highest BCUT2D eigenvalue weighted by atomic mass is 32.1. The first kappa shape index (κ1) is 59.6. The Morgan fingerprint density at radius 3 is 2.36 bits per heavy atom. The van der Waals surface area contributed by atoms with Crippen molar-refractivity contribution in [2.24, 2.45) is 11.3 Å². The predicted molar refractivity (Wildman–Crippen MR) is 303 cm³/mol. The number of halogens is 4. The van der Waals surface area contributed by atoms with Crippen molar-refractivity contribution in [2.45, 2.75) is 135 Å². The van der Waals surface area contributed by atoms with Gasteiger partial charge in [-0.1, -0.05) is 70.2 Å². The van der Waals surface area contributed by atoms with E-state index in [2.05, 4.69) is 41.0 Å². The molecule has 3 aromatic heterocycles. The van der Waals surface area contributed by atoms with Crippen molar-refractivity contribution in [3.8, 4) is 27.3 Å². The van der Waals surface area contributed by atoms with Crippen LogP contribution < -0.4 is 36.6 Å². The lowest BCUT2D eigenvalue weighted by atomic mass is 9.85. The van der Waals surface area contributed by atoms with Gasteiger partial charge in [-0.3, -0.25) is 28.8 Å². The zero-order valence-electron chi connectivity index (χ0n) is 46.8. The summed E-state index contributed by atoms with van der Waals surface area (Å²) in [7, 11) is 0. The van der Waals surface area contributed by atoms with Crippen molar-refractivity contribution in [3.05, 3.63) is 107 Å². The molecule has 6 atom stereocenters. The lowest BCUT2D eigenvalue weighted by Gasteiger charge is -2.36. The number of β-amino-alcohol motifs (C(OH)–C–C–N with tert-alkyl or cyclic N) is 1. The first-order valence-electron chi connectivity index (χ1n) is 27.5. The first-order chi connectivity index (χ1) is 39.3. The summed E-state index contributed by atoms with van der Waals surface area (Å²) in [5, 5.41) is 22.9. The quantitative estimate of drug-likeness (QED) is 0.0333. The van der Waals surface area contributed by atoms with Gasteiger partial charge in [-0.05, 0) is 97.0 Å². The number of nitrogens with one attached hydrogen (secondary N) is 4. The molecule has 6 amide bonds. The SMILES string of the molecule is Cc1ncsc1-c1ccc([C@H](CC(=O)NC(C)C(C)C(=O)NCCCn2cc(-c3ccc4c(c3)CCN4C(=O)Cc3cccc(OC(F)(F)F)c3)c3c(N)ncnc32)NC(=O)[C@@H]2C[C@@H](O)CN2C(=O)C(NC(=O)C2(F)CC2)C(C)(C)C)cc1. The average Bonchev–Trinajstić information content (AvgIpc) is 3.94. The Hall–Kier alpha value is -7.99. The Kier molecular flexibility index (Phi) is 17.3. The van der Waals surface area contributed by atoms with Crippen LogP contribution in [0.5, 0.6) is 5.75 Å². The number of thiazole rings is 1. The topological polar surface area (TPSA) is 256 Å². The molecular weight excluding hydrogens is 1100 g/mol. The smallest absolute Gasteiger partial charge is 0.406 e. The van der Waals surface area contributed by atoms with E-state index >= 15 is 0 Å². The largest absolute Gasteiger partial charge is 0.573 e. The fourth-order valence-electron chi connectivity index (χ4n) is 10.6. The van der Waals surface area contributed by atoms with Gasteiger partial charge >= 0.3 is 6.36 Å². The average molecular weight is 1170 g/mol. The third-order valence-electron chi connectivity index (χ3n) is 15.6. The number of fused-ring (bicyclic) bond motifs is 2. The van der Waals surface area contributed by atoms with Crippen LogP contribution in [-0.2, 0) is 48.2 Å². The van der Waals surface area contributed by atoms with E-state index in [1.807, 2.05) is 48.0 Å². The molecule has 0 spiro atoms. The molecule has 1 aliphatic carbocycles. The van der Waals surface area contributed by atoms with Crippen LogP contribution in [0.1, 0.15) is 95.1 Å². The highest BCUT2D eigenvalue weighted by molar-refractivity contribution is 7.13. The van der Waals surface area contributed by atoms with Gasteiger partial charge in [0.05, 0.1) is 52.4 Å².